The highest BCUT2D eigenvalue weighted by molar-refractivity contribution is 6.34. The fourth-order valence-corrected chi connectivity index (χ4v) is 3.66. The molecule has 2 aromatic rings. The van der Waals surface area contributed by atoms with Crippen LogP contribution in [-0.4, -0.2) is 30.0 Å². The second-order valence-electron chi connectivity index (χ2n) is 6.79. The molecular formula is C20H18N2O6. The van der Waals surface area contributed by atoms with Gasteiger partial charge in [0.25, 0.3) is 17.5 Å². The van der Waals surface area contributed by atoms with E-state index < -0.39 is 16.7 Å². The molecule has 1 saturated carbocycles. The van der Waals surface area contributed by atoms with Gasteiger partial charge < -0.3 is 9.47 Å². The molecule has 8 nitrogen and oxygen atoms in total. The van der Waals surface area contributed by atoms with Gasteiger partial charge in [0.05, 0.1) is 35.0 Å². The van der Waals surface area contributed by atoms with Crippen molar-refractivity contribution < 1.29 is 24.0 Å². The number of benzene rings is 2. The standard InChI is InChI=1S/C20H18N2O6/c1-27-17-9-7-12(11-18(17)28-14-4-2-3-5-14)21-19(23)15-8-6-13(22(25)26)10-16(15)20(21)24/h6-11,14H,2-5H2,1H3. The van der Waals surface area contributed by atoms with E-state index in [1.165, 1.54) is 19.2 Å². The lowest BCUT2D eigenvalue weighted by Gasteiger charge is -2.19. The van der Waals surface area contributed by atoms with Gasteiger partial charge in [-0.3, -0.25) is 19.7 Å². The lowest BCUT2D eigenvalue weighted by Crippen LogP contribution is -2.29. The molecule has 0 spiro atoms. The summed E-state index contributed by atoms with van der Waals surface area (Å²) in [6.45, 7) is 0. The minimum atomic E-state index is -0.597. The maximum absolute atomic E-state index is 12.8. The van der Waals surface area contributed by atoms with Crippen molar-refractivity contribution >= 4 is 23.2 Å². The van der Waals surface area contributed by atoms with Crippen LogP contribution >= 0.6 is 0 Å². The summed E-state index contributed by atoms with van der Waals surface area (Å²) in [6, 6.07) is 8.51. The van der Waals surface area contributed by atoms with Crippen molar-refractivity contribution in [2.75, 3.05) is 12.0 Å². The monoisotopic (exact) mass is 382 g/mol. The molecule has 144 valence electrons. The number of ether oxygens (including phenoxy) is 2. The van der Waals surface area contributed by atoms with Gasteiger partial charge in [-0.25, -0.2) is 4.90 Å². The molecule has 0 radical (unpaired) electrons. The molecule has 0 unspecified atom stereocenters. The molecule has 0 N–H and O–H groups in total. The maximum atomic E-state index is 12.8. The van der Waals surface area contributed by atoms with Crippen molar-refractivity contribution in [3.05, 3.63) is 57.6 Å². The van der Waals surface area contributed by atoms with Crippen LogP contribution in [0.1, 0.15) is 46.4 Å². The molecule has 1 aliphatic heterocycles. The normalized spacial score (nSPS) is 16.4. The van der Waals surface area contributed by atoms with Gasteiger partial charge in [-0.1, -0.05) is 0 Å². The van der Waals surface area contributed by atoms with Crippen LogP contribution in [0.25, 0.3) is 0 Å². The van der Waals surface area contributed by atoms with Crippen molar-refractivity contribution in [3.63, 3.8) is 0 Å². The minimum Gasteiger partial charge on any atom is -0.493 e. The van der Waals surface area contributed by atoms with Crippen LogP contribution in [-0.2, 0) is 0 Å². The van der Waals surface area contributed by atoms with E-state index in [1.54, 1.807) is 18.2 Å². The Morgan fingerprint density at radius 3 is 2.39 bits per heavy atom. The highest BCUT2D eigenvalue weighted by atomic mass is 16.6. The first kappa shape index (κ1) is 18.0. The second kappa shape index (κ2) is 6.95. The van der Waals surface area contributed by atoms with E-state index in [1.807, 2.05) is 0 Å². The van der Waals surface area contributed by atoms with E-state index in [2.05, 4.69) is 0 Å². The van der Waals surface area contributed by atoms with Gasteiger partial charge in [0.2, 0.25) is 0 Å². The van der Waals surface area contributed by atoms with E-state index >= 15 is 0 Å². The van der Waals surface area contributed by atoms with Gasteiger partial charge >= 0.3 is 0 Å². The molecular weight excluding hydrogens is 364 g/mol. The molecule has 0 bridgehead atoms. The Labute approximate surface area is 160 Å². The van der Waals surface area contributed by atoms with Crippen molar-refractivity contribution in [2.45, 2.75) is 31.8 Å². The molecule has 1 aliphatic carbocycles. The number of non-ortho nitro benzene ring substituents is 1. The Kier molecular flexibility index (Phi) is 4.46. The maximum Gasteiger partial charge on any atom is 0.270 e. The average molecular weight is 382 g/mol. The predicted octanol–water partition coefficient (Wildman–Crippen LogP) is 3.73. The number of carbonyl (C=O) groups excluding carboxylic acids is 2. The van der Waals surface area contributed by atoms with Gasteiger partial charge in [-0.05, 0) is 43.9 Å². The van der Waals surface area contributed by atoms with Gasteiger partial charge in [-0.2, -0.15) is 0 Å². The van der Waals surface area contributed by atoms with E-state index in [0.29, 0.717) is 17.2 Å². The Balaban J connectivity index is 1.69. The SMILES string of the molecule is COc1ccc(N2C(=O)c3ccc([N+](=O)[O-])cc3C2=O)cc1OC1CCCC1. The Hall–Kier alpha value is -3.42. The largest absolute Gasteiger partial charge is 0.493 e. The fraction of sp³-hybridized carbons (Fsp3) is 0.300. The first-order valence-corrected chi connectivity index (χ1v) is 9.01. The van der Waals surface area contributed by atoms with Crippen molar-refractivity contribution in [1.29, 1.82) is 0 Å². The molecule has 2 aliphatic rings. The highest BCUT2D eigenvalue weighted by Crippen LogP contribution is 2.38. The second-order valence-corrected chi connectivity index (χ2v) is 6.79. The number of hydrogen-bond acceptors (Lipinski definition) is 6. The number of hydrogen-bond donors (Lipinski definition) is 0. The number of amides is 2. The number of methoxy groups -OCH3 is 1. The van der Waals surface area contributed by atoms with Crippen molar-refractivity contribution in [1.82, 2.24) is 0 Å². The van der Waals surface area contributed by atoms with Gasteiger partial charge in [0, 0.05) is 18.2 Å². The summed E-state index contributed by atoms with van der Waals surface area (Å²) in [4.78, 5) is 37.0. The van der Waals surface area contributed by atoms with E-state index in [-0.39, 0.29) is 22.9 Å². The number of anilines is 1. The van der Waals surface area contributed by atoms with E-state index in [9.17, 15) is 19.7 Å². The zero-order valence-electron chi connectivity index (χ0n) is 15.2. The highest BCUT2D eigenvalue weighted by Gasteiger charge is 2.38. The number of carbonyl (C=O) groups is 2. The van der Waals surface area contributed by atoms with Crippen molar-refractivity contribution in [3.8, 4) is 11.5 Å². The quantitative estimate of drug-likeness (QED) is 0.444. The summed E-state index contributed by atoms with van der Waals surface area (Å²) in [5, 5.41) is 11.0. The van der Waals surface area contributed by atoms with Crippen LogP contribution in [0.4, 0.5) is 11.4 Å². The molecule has 4 rings (SSSR count). The lowest BCUT2D eigenvalue weighted by molar-refractivity contribution is -0.384. The predicted molar refractivity (Wildman–Crippen MR) is 100 cm³/mol. The number of nitrogens with zero attached hydrogens (tertiary/aromatic N) is 2. The smallest absolute Gasteiger partial charge is 0.270 e. The molecule has 8 heteroatoms. The minimum absolute atomic E-state index is 0.0216. The number of rotatable bonds is 5. The van der Waals surface area contributed by atoms with Gasteiger partial charge in [0.15, 0.2) is 11.5 Å². The lowest BCUT2D eigenvalue weighted by atomic mass is 10.1. The summed E-state index contributed by atoms with van der Waals surface area (Å²) in [5.74, 6) is -0.134. The number of imide groups is 1. The first-order chi connectivity index (χ1) is 13.5. The third kappa shape index (κ3) is 2.96. The molecule has 2 amide bonds. The van der Waals surface area contributed by atoms with Crippen LogP contribution in [0.3, 0.4) is 0 Å². The number of nitro benzene ring substituents is 1. The summed E-state index contributed by atoms with van der Waals surface area (Å²) in [7, 11) is 1.53. The Morgan fingerprint density at radius 1 is 1.00 bits per heavy atom. The third-order valence-electron chi connectivity index (χ3n) is 5.08. The van der Waals surface area contributed by atoms with Crippen LogP contribution in [0.2, 0.25) is 0 Å². The molecule has 2 aromatic carbocycles. The molecule has 1 heterocycles. The topological polar surface area (TPSA) is 99.0 Å². The molecule has 28 heavy (non-hydrogen) atoms. The zero-order valence-corrected chi connectivity index (χ0v) is 15.2. The summed E-state index contributed by atoms with van der Waals surface area (Å²) in [5.41, 5.74) is 0.266. The van der Waals surface area contributed by atoms with Crippen LogP contribution in [0.5, 0.6) is 11.5 Å². The Morgan fingerprint density at radius 2 is 1.71 bits per heavy atom. The van der Waals surface area contributed by atoms with Gasteiger partial charge in [-0.15, -0.1) is 0 Å². The number of fused-ring (bicyclic) bond motifs is 1. The van der Waals surface area contributed by atoms with E-state index in [0.717, 1.165) is 36.6 Å². The zero-order chi connectivity index (χ0) is 19.8. The van der Waals surface area contributed by atoms with Gasteiger partial charge in [0.1, 0.15) is 0 Å². The van der Waals surface area contributed by atoms with Crippen LogP contribution < -0.4 is 14.4 Å². The van der Waals surface area contributed by atoms with E-state index in [4.69, 9.17) is 9.47 Å². The molecule has 0 saturated heterocycles. The molecule has 0 atom stereocenters. The molecule has 0 aromatic heterocycles. The molecule has 1 fully saturated rings. The fourth-order valence-electron chi connectivity index (χ4n) is 3.66. The number of nitro groups is 1. The third-order valence-corrected chi connectivity index (χ3v) is 5.08. The average Bonchev–Trinajstić information content (AvgIpc) is 3.28. The first-order valence-electron chi connectivity index (χ1n) is 9.01. The Bertz CT molecular complexity index is 981. The summed E-state index contributed by atoms with van der Waals surface area (Å²) >= 11 is 0. The summed E-state index contributed by atoms with van der Waals surface area (Å²) < 4.78 is 11.4. The van der Waals surface area contributed by atoms with Crippen LogP contribution in [0.15, 0.2) is 36.4 Å². The summed E-state index contributed by atoms with van der Waals surface area (Å²) in [6.07, 6.45) is 4.18. The van der Waals surface area contributed by atoms with Crippen molar-refractivity contribution in [2.24, 2.45) is 0 Å². The van der Waals surface area contributed by atoms with Crippen LogP contribution in [0, 0.1) is 10.1 Å².